The molecule has 19 heavy (non-hydrogen) atoms. The van der Waals surface area contributed by atoms with Gasteiger partial charge in [-0.1, -0.05) is 24.3 Å². The molecule has 0 radical (unpaired) electrons. The van der Waals surface area contributed by atoms with Crippen LogP contribution in [-0.4, -0.2) is 15.1 Å². The lowest BCUT2D eigenvalue weighted by atomic mass is 10.0. The molecule has 1 N–H and O–H groups in total. The maximum Gasteiger partial charge on any atom is 0.124 e. The Hall–Kier alpha value is -1.78. The number of aromatic nitrogens is 2. The van der Waals surface area contributed by atoms with Gasteiger partial charge in [0.05, 0.1) is 5.69 Å². The summed E-state index contributed by atoms with van der Waals surface area (Å²) in [5.41, 5.74) is 1.36. The highest BCUT2D eigenvalue weighted by Gasteiger charge is 2.17. The van der Waals surface area contributed by atoms with Gasteiger partial charge in [0.25, 0.3) is 0 Å². The van der Waals surface area contributed by atoms with Crippen LogP contribution < -0.4 is 0 Å². The molecule has 0 aliphatic rings. The van der Waals surface area contributed by atoms with Crippen LogP contribution in [0.4, 0.5) is 0 Å². The molecule has 2 aromatic heterocycles. The van der Waals surface area contributed by atoms with Gasteiger partial charge in [-0.25, -0.2) is 0 Å². The van der Waals surface area contributed by atoms with E-state index in [-0.39, 0.29) is 0 Å². The van der Waals surface area contributed by atoms with Crippen LogP contribution in [0.1, 0.15) is 17.4 Å². The number of aliphatic hydroxyl groups excluding tert-OH is 1. The van der Waals surface area contributed by atoms with E-state index in [0.717, 1.165) is 20.8 Å². The molecule has 4 heteroatoms. The minimum absolute atomic E-state index is 0.598. The summed E-state index contributed by atoms with van der Waals surface area (Å²) < 4.78 is 0.787. The predicted molar refractivity (Wildman–Crippen MR) is 77.7 cm³/mol. The highest BCUT2D eigenvalue weighted by Crippen LogP contribution is 2.30. The van der Waals surface area contributed by atoms with Crippen molar-refractivity contribution in [3.8, 4) is 0 Å². The highest BCUT2D eigenvalue weighted by atomic mass is 79.9. The van der Waals surface area contributed by atoms with Crippen LogP contribution in [0, 0.1) is 0 Å². The van der Waals surface area contributed by atoms with Gasteiger partial charge >= 0.3 is 0 Å². The van der Waals surface area contributed by atoms with Gasteiger partial charge in [-0.3, -0.25) is 9.97 Å². The molecule has 0 aliphatic heterocycles. The first-order valence-corrected chi connectivity index (χ1v) is 6.68. The van der Waals surface area contributed by atoms with Crippen LogP contribution in [0.2, 0.25) is 0 Å². The fourth-order valence-electron chi connectivity index (χ4n) is 2.10. The number of hydrogen-bond acceptors (Lipinski definition) is 3. The topological polar surface area (TPSA) is 46.0 Å². The largest absolute Gasteiger partial charge is 0.382 e. The fraction of sp³-hybridized carbons (Fsp3) is 0.0667. The van der Waals surface area contributed by atoms with Gasteiger partial charge in [0.1, 0.15) is 6.10 Å². The van der Waals surface area contributed by atoms with Crippen molar-refractivity contribution in [2.75, 3.05) is 0 Å². The molecule has 3 nitrogen and oxygen atoms in total. The SMILES string of the molecule is OC(c1ncccc1Br)c1cncc2ccccc12. The molecule has 3 rings (SSSR count). The lowest BCUT2D eigenvalue weighted by Gasteiger charge is -2.14. The summed E-state index contributed by atoms with van der Waals surface area (Å²) in [4.78, 5) is 8.42. The van der Waals surface area contributed by atoms with Crippen LogP contribution in [-0.2, 0) is 0 Å². The molecule has 0 fully saturated rings. The van der Waals surface area contributed by atoms with Gasteiger partial charge in [0, 0.05) is 34.0 Å². The minimum Gasteiger partial charge on any atom is -0.382 e. The molecule has 2 heterocycles. The average Bonchev–Trinajstić information content (AvgIpc) is 2.46. The Bertz CT molecular complexity index is 725. The maximum absolute atomic E-state index is 10.5. The third-order valence-corrected chi connectivity index (χ3v) is 3.71. The quantitative estimate of drug-likeness (QED) is 0.787. The Morgan fingerprint density at radius 1 is 1.05 bits per heavy atom. The summed E-state index contributed by atoms with van der Waals surface area (Å²) in [6.07, 6.45) is 4.35. The molecule has 0 amide bonds. The van der Waals surface area contributed by atoms with Gasteiger partial charge in [-0.05, 0) is 33.4 Å². The number of hydrogen-bond donors (Lipinski definition) is 1. The van der Waals surface area contributed by atoms with Gasteiger partial charge in [0.15, 0.2) is 0 Å². The second-order valence-corrected chi connectivity index (χ2v) is 5.08. The van der Waals surface area contributed by atoms with Gasteiger partial charge in [-0.2, -0.15) is 0 Å². The molecule has 0 aliphatic carbocycles. The number of benzene rings is 1. The Labute approximate surface area is 119 Å². The molecular formula is C15H11BrN2O. The summed E-state index contributed by atoms with van der Waals surface area (Å²) in [5, 5.41) is 12.5. The molecule has 1 unspecified atom stereocenters. The van der Waals surface area contributed by atoms with E-state index < -0.39 is 6.10 Å². The Morgan fingerprint density at radius 2 is 1.89 bits per heavy atom. The third-order valence-electron chi connectivity index (χ3n) is 3.04. The predicted octanol–water partition coefficient (Wildman–Crippen LogP) is 3.47. The first kappa shape index (κ1) is 12.3. The monoisotopic (exact) mass is 314 g/mol. The van der Waals surface area contributed by atoms with Crippen molar-refractivity contribution in [3.05, 3.63) is 70.7 Å². The van der Waals surface area contributed by atoms with Crippen molar-refractivity contribution >= 4 is 26.7 Å². The highest BCUT2D eigenvalue weighted by molar-refractivity contribution is 9.10. The number of rotatable bonds is 2. The zero-order chi connectivity index (χ0) is 13.2. The van der Waals surface area contributed by atoms with E-state index in [1.54, 1.807) is 18.6 Å². The average molecular weight is 315 g/mol. The summed E-state index contributed by atoms with van der Waals surface area (Å²) >= 11 is 3.42. The Morgan fingerprint density at radius 3 is 2.74 bits per heavy atom. The van der Waals surface area contributed by atoms with E-state index in [1.165, 1.54) is 0 Å². The summed E-state index contributed by atoms with van der Waals surface area (Å²) in [6.45, 7) is 0. The van der Waals surface area contributed by atoms with Crippen LogP contribution in [0.15, 0.2) is 59.5 Å². The first-order valence-electron chi connectivity index (χ1n) is 5.88. The van der Waals surface area contributed by atoms with Crippen molar-refractivity contribution < 1.29 is 5.11 Å². The molecule has 0 bridgehead atoms. The molecule has 3 aromatic rings. The van der Waals surface area contributed by atoms with E-state index >= 15 is 0 Å². The summed E-state index contributed by atoms with van der Waals surface area (Å²) in [5.74, 6) is 0. The second-order valence-electron chi connectivity index (χ2n) is 4.22. The zero-order valence-electron chi connectivity index (χ0n) is 9.99. The van der Waals surface area contributed by atoms with Crippen molar-refractivity contribution in [1.82, 2.24) is 9.97 Å². The van der Waals surface area contributed by atoms with Crippen LogP contribution >= 0.6 is 15.9 Å². The third kappa shape index (κ3) is 2.25. The second kappa shape index (κ2) is 5.07. The number of nitrogens with zero attached hydrogens (tertiary/aromatic N) is 2. The molecule has 0 saturated heterocycles. The smallest absolute Gasteiger partial charge is 0.124 e. The van der Waals surface area contributed by atoms with Gasteiger partial charge < -0.3 is 5.11 Å². The Kier molecular flexibility index (Phi) is 3.27. The van der Waals surface area contributed by atoms with E-state index in [1.807, 2.05) is 36.4 Å². The normalized spacial score (nSPS) is 12.5. The molecule has 0 spiro atoms. The number of pyridine rings is 2. The van der Waals surface area contributed by atoms with E-state index in [0.29, 0.717) is 5.69 Å². The Balaban J connectivity index is 2.17. The fourth-order valence-corrected chi connectivity index (χ4v) is 2.58. The van der Waals surface area contributed by atoms with Crippen molar-refractivity contribution in [1.29, 1.82) is 0 Å². The first-order chi connectivity index (χ1) is 9.27. The lowest BCUT2D eigenvalue weighted by molar-refractivity contribution is 0.215. The van der Waals surface area contributed by atoms with Crippen LogP contribution in [0.3, 0.4) is 0 Å². The maximum atomic E-state index is 10.5. The van der Waals surface area contributed by atoms with Crippen molar-refractivity contribution in [3.63, 3.8) is 0 Å². The minimum atomic E-state index is -0.797. The number of fused-ring (bicyclic) bond motifs is 1. The van der Waals surface area contributed by atoms with E-state index in [4.69, 9.17) is 0 Å². The van der Waals surface area contributed by atoms with Crippen LogP contribution in [0.25, 0.3) is 10.8 Å². The van der Waals surface area contributed by atoms with Crippen molar-refractivity contribution in [2.45, 2.75) is 6.10 Å². The molecule has 0 saturated carbocycles. The number of aliphatic hydroxyl groups is 1. The van der Waals surface area contributed by atoms with E-state index in [2.05, 4.69) is 25.9 Å². The van der Waals surface area contributed by atoms with Gasteiger partial charge in [0.2, 0.25) is 0 Å². The molecule has 1 aromatic carbocycles. The molecular weight excluding hydrogens is 304 g/mol. The van der Waals surface area contributed by atoms with Gasteiger partial charge in [-0.15, -0.1) is 0 Å². The van der Waals surface area contributed by atoms with E-state index in [9.17, 15) is 5.11 Å². The van der Waals surface area contributed by atoms with Crippen LogP contribution in [0.5, 0.6) is 0 Å². The summed E-state index contributed by atoms with van der Waals surface area (Å²) in [6, 6.07) is 11.5. The number of halogens is 1. The lowest BCUT2D eigenvalue weighted by Crippen LogP contribution is -2.04. The summed E-state index contributed by atoms with van der Waals surface area (Å²) in [7, 11) is 0. The molecule has 1 atom stereocenters. The van der Waals surface area contributed by atoms with Crippen molar-refractivity contribution in [2.24, 2.45) is 0 Å². The standard InChI is InChI=1S/C15H11BrN2O/c16-13-6-3-7-18-14(13)15(19)12-9-17-8-10-4-1-2-5-11(10)12/h1-9,15,19H. The zero-order valence-corrected chi connectivity index (χ0v) is 11.6. The molecule has 94 valence electrons.